The summed E-state index contributed by atoms with van der Waals surface area (Å²) in [7, 11) is 0. The molecule has 1 aliphatic heterocycles. The van der Waals surface area contributed by atoms with Crippen LogP contribution in [0.3, 0.4) is 0 Å². The van der Waals surface area contributed by atoms with Gasteiger partial charge in [0.15, 0.2) is 0 Å². The molecule has 11 heavy (non-hydrogen) atoms. The van der Waals surface area contributed by atoms with Gasteiger partial charge in [0.25, 0.3) is 0 Å². The fourth-order valence-corrected chi connectivity index (χ4v) is 1.69. The second kappa shape index (κ2) is 4.76. The molecule has 0 amide bonds. The van der Waals surface area contributed by atoms with Crippen molar-refractivity contribution in [2.75, 3.05) is 6.54 Å². The molecule has 1 nitrogen and oxygen atoms in total. The Labute approximate surface area is 70.6 Å². The average molecular weight is 155 g/mol. The average Bonchev–Trinajstić information content (AvgIpc) is 2.52. The van der Waals surface area contributed by atoms with Crippen molar-refractivity contribution in [2.45, 2.75) is 52.0 Å². The van der Waals surface area contributed by atoms with Crippen LogP contribution >= 0.6 is 0 Å². The zero-order chi connectivity index (χ0) is 8.10. The molecular formula is C10H21N. The topological polar surface area (TPSA) is 12.0 Å². The minimum absolute atomic E-state index is 0.851. The van der Waals surface area contributed by atoms with Gasteiger partial charge in [-0.05, 0) is 38.1 Å². The highest BCUT2D eigenvalue weighted by Gasteiger charge is 2.13. The Bertz CT molecular complexity index is 95.0. The largest absolute Gasteiger partial charge is 0.314 e. The molecule has 0 aromatic heterocycles. The van der Waals surface area contributed by atoms with Gasteiger partial charge in [-0.15, -0.1) is 0 Å². The van der Waals surface area contributed by atoms with Gasteiger partial charge in [-0.25, -0.2) is 0 Å². The first-order chi connectivity index (χ1) is 5.33. The molecule has 66 valence electrons. The highest BCUT2D eigenvalue weighted by atomic mass is 14.9. The van der Waals surface area contributed by atoms with Gasteiger partial charge >= 0.3 is 0 Å². The van der Waals surface area contributed by atoms with Crippen LogP contribution in [0.5, 0.6) is 0 Å². The van der Waals surface area contributed by atoms with Gasteiger partial charge < -0.3 is 5.32 Å². The van der Waals surface area contributed by atoms with E-state index in [1.807, 2.05) is 0 Å². The lowest BCUT2D eigenvalue weighted by Gasteiger charge is -2.12. The minimum atomic E-state index is 0.851. The molecule has 0 radical (unpaired) electrons. The third kappa shape index (κ3) is 3.24. The zero-order valence-corrected chi connectivity index (χ0v) is 7.90. The van der Waals surface area contributed by atoms with Crippen molar-refractivity contribution in [3.8, 4) is 0 Å². The summed E-state index contributed by atoms with van der Waals surface area (Å²) in [5.74, 6) is 0.928. The quantitative estimate of drug-likeness (QED) is 0.658. The molecule has 0 aromatic rings. The van der Waals surface area contributed by atoms with Crippen molar-refractivity contribution in [3.05, 3.63) is 0 Å². The lowest BCUT2D eigenvalue weighted by Crippen LogP contribution is -2.21. The van der Waals surface area contributed by atoms with Crippen molar-refractivity contribution >= 4 is 0 Å². The van der Waals surface area contributed by atoms with Gasteiger partial charge in [-0.2, -0.15) is 0 Å². The SMILES string of the molecule is CCC(C)CCC1CCCN1. The van der Waals surface area contributed by atoms with Crippen molar-refractivity contribution in [3.63, 3.8) is 0 Å². The normalized spacial score (nSPS) is 27.3. The molecule has 1 heterocycles. The van der Waals surface area contributed by atoms with Gasteiger partial charge in [-0.1, -0.05) is 20.3 Å². The van der Waals surface area contributed by atoms with E-state index in [0.717, 1.165) is 12.0 Å². The highest BCUT2D eigenvalue weighted by molar-refractivity contribution is 4.74. The number of rotatable bonds is 4. The third-order valence-corrected chi connectivity index (χ3v) is 2.87. The van der Waals surface area contributed by atoms with Crippen molar-refractivity contribution in [1.29, 1.82) is 0 Å². The van der Waals surface area contributed by atoms with Gasteiger partial charge in [0.1, 0.15) is 0 Å². The Kier molecular flexibility index (Phi) is 3.92. The number of nitrogens with one attached hydrogen (secondary N) is 1. The number of hydrogen-bond donors (Lipinski definition) is 1. The smallest absolute Gasteiger partial charge is 0.00676 e. The maximum atomic E-state index is 3.54. The lowest BCUT2D eigenvalue weighted by molar-refractivity contribution is 0.440. The summed E-state index contributed by atoms with van der Waals surface area (Å²) in [6.07, 6.45) is 6.96. The van der Waals surface area contributed by atoms with Crippen LogP contribution in [-0.4, -0.2) is 12.6 Å². The third-order valence-electron chi connectivity index (χ3n) is 2.87. The molecule has 0 aliphatic carbocycles. The van der Waals surface area contributed by atoms with E-state index < -0.39 is 0 Å². The van der Waals surface area contributed by atoms with Gasteiger partial charge in [0.05, 0.1) is 0 Å². The molecule has 0 spiro atoms. The van der Waals surface area contributed by atoms with E-state index in [0.29, 0.717) is 0 Å². The van der Waals surface area contributed by atoms with Crippen LogP contribution in [0.4, 0.5) is 0 Å². The molecule has 0 bridgehead atoms. The Morgan fingerprint density at radius 3 is 2.91 bits per heavy atom. The van der Waals surface area contributed by atoms with Crippen LogP contribution in [0.25, 0.3) is 0 Å². The Morgan fingerprint density at radius 2 is 2.36 bits per heavy atom. The van der Waals surface area contributed by atoms with E-state index in [4.69, 9.17) is 0 Å². The Morgan fingerprint density at radius 1 is 1.55 bits per heavy atom. The summed E-state index contributed by atoms with van der Waals surface area (Å²) < 4.78 is 0. The predicted octanol–water partition coefficient (Wildman–Crippen LogP) is 2.56. The molecule has 0 aromatic carbocycles. The van der Waals surface area contributed by atoms with Crippen molar-refractivity contribution in [1.82, 2.24) is 5.32 Å². The van der Waals surface area contributed by atoms with Crippen LogP contribution in [0.1, 0.15) is 46.0 Å². The molecule has 2 atom stereocenters. The summed E-state index contributed by atoms with van der Waals surface area (Å²) in [6, 6.07) is 0.851. The Balaban J connectivity index is 2.01. The summed E-state index contributed by atoms with van der Waals surface area (Å²) in [5.41, 5.74) is 0. The second-order valence-electron chi connectivity index (χ2n) is 3.88. The van der Waals surface area contributed by atoms with Gasteiger partial charge in [-0.3, -0.25) is 0 Å². The van der Waals surface area contributed by atoms with Crippen LogP contribution in [0.2, 0.25) is 0 Å². The van der Waals surface area contributed by atoms with Crippen molar-refractivity contribution in [2.24, 2.45) is 5.92 Å². The fourth-order valence-electron chi connectivity index (χ4n) is 1.69. The van der Waals surface area contributed by atoms with E-state index in [1.165, 1.54) is 38.6 Å². The molecule has 1 N–H and O–H groups in total. The zero-order valence-electron chi connectivity index (χ0n) is 7.90. The van der Waals surface area contributed by atoms with Gasteiger partial charge in [0.2, 0.25) is 0 Å². The highest BCUT2D eigenvalue weighted by Crippen LogP contribution is 2.16. The standard InChI is InChI=1S/C10H21N/c1-3-9(2)6-7-10-5-4-8-11-10/h9-11H,3-8H2,1-2H3. The molecule has 0 saturated carbocycles. The Hall–Kier alpha value is -0.0400. The lowest BCUT2D eigenvalue weighted by atomic mass is 9.99. The summed E-state index contributed by atoms with van der Waals surface area (Å²) in [5, 5.41) is 3.54. The van der Waals surface area contributed by atoms with E-state index >= 15 is 0 Å². The molecular weight excluding hydrogens is 134 g/mol. The summed E-state index contributed by atoms with van der Waals surface area (Å²) in [4.78, 5) is 0. The first-order valence-electron chi connectivity index (χ1n) is 5.06. The minimum Gasteiger partial charge on any atom is -0.314 e. The van der Waals surface area contributed by atoms with Crippen molar-refractivity contribution < 1.29 is 0 Å². The first kappa shape index (κ1) is 9.05. The maximum Gasteiger partial charge on any atom is 0.00676 e. The molecule has 1 rings (SSSR count). The maximum absolute atomic E-state index is 3.54. The second-order valence-corrected chi connectivity index (χ2v) is 3.88. The van der Waals surface area contributed by atoms with Crippen LogP contribution < -0.4 is 5.32 Å². The molecule has 2 unspecified atom stereocenters. The molecule has 1 fully saturated rings. The fraction of sp³-hybridized carbons (Fsp3) is 1.00. The summed E-state index contributed by atoms with van der Waals surface area (Å²) in [6.45, 7) is 5.90. The number of hydrogen-bond acceptors (Lipinski definition) is 1. The first-order valence-corrected chi connectivity index (χ1v) is 5.06. The van der Waals surface area contributed by atoms with E-state index in [9.17, 15) is 0 Å². The van der Waals surface area contributed by atoms with E-state index in [1.54, 1.807) is 0 Å². The molecule has 1 aliphatic rings. The molecule has 1 heteroatoms. The van der Waals surface area contributed by atoms with E-state index in [2.05, 4.69) is 19.2 Å². The monoisotopic (exact) mass is 155 g/mol. The van der Waals surface area contributed by atoms with Crippen LogP contribution in [0.15, 0.2) is 0 Å². The molecule has 1 saturated heterocycles. The summed E-state index contributed by atoms with van der Waals surface area (Å²) >= 11 is 0. The van der Waals surface area contributed by atoms with Crippen LogP contribution in [0, 0.1) is 5.92 Å². The van der Waals surface area contributed by atoms with E-state index in [-0.39, 0.29) is 0 Å². The van der Waals surface area contributed by atoms with Crippen LogP contribution in [-0.2, 0) is 0 Å². The predicted molar refractivity (Wildman–Crippen MR) is 49.7 cm³/mol. The van der Waals surface area contributed by atoms with Gasteiger partial charge in [0, 0.05) is 6.04 Å².